The van der Waals surface area contributed by atoms with Crippen molar-refractivity contribution in [1.29, 1.82) is 0 Å². The summed E-state index contributed by atoms with van der Waals surface area (Å²) in [6.07, 6.45) is 8.02. The van der Waals surface area contributed by atoms with Gasteiger partial charge in [0, 0.05) is 6.42 Å². The molecule has 3 unspecified atom stereocenters. The molecule has 0 aromatic heterocycles. The molecule has 0 saturated heterocycles. The number of amides is 2. The molecule has 9 nitrogen and oxygen atoms in total. The predicted molar refractivity (Wildman–Crippen MR) is 172 cm³/mol. The van der Waals surface area contributed by atoms with E-state index in [9.17, 15) is 24.3 Å². The maximum atomic E-state index is 13.5. The first-order chi connectivity index (χ1) is 21.8. The second-order valence-corrected chi connectivity index (χ2v) is 11.7. The van der Waals surface area contributed by atoms with Gasteiger partial charge in [0.05, 0.1) is 24.0 Å². The minimum Gasteiger partial charge on any atom is -0.463 e. The molecule has 3 atom stereocenters. The fraction of sp³-hybridized carbons (Fsp3) is 0.444. The average Bonchev–Trinajstić information content (AvgIpc) is 3.52. The summed E-state index contributed by atoms with van der Waals surface area (Å²) < 4.78 is 11.1. The van der Waals surface area contributed by atoms with Crippen LogP contribution in [0.3, 0.4) is 0 Å². The van der Waals surface area contributed by atoms with E-state index in [4.69, 9.17) is 9.47 Å². The number of aliphatic hydroxyl groups excluding tert-OH is 1. The second kappa shape index (κ2) is 18.5. The molecule has 0 spiro atoms. The molecule has 1 fully saturated rings. The first-order valence-electron chi connectivity index (χ1n) is 15.6. The van der Waals surface area contributed by atoms with Crippen LogP contribution in [-0.4, -0.2) is 53.7 Å². The standard InChI is InChI=1S/C36H46N2O7/c1-3-5-19-30(22-27-15-8-6-9-16-27)34(42)45-25-31(35(43)44-24-28-17-10-7-11-18-28)37-33(41)29(14-4-2)23-32(40)38-36(26-39)20-12-13-21-36/h3-4,6-11,15-18,29-31,39H,1-2,5,12-14,19-26H2,(H,37,41)(H,38,40). The molecule has 2 aromatic carbocycles. The molecular weight excluding hydrogens is 572 g/mol. The highest BCUT2D eigenvalue weighted by molar-refractivity contribution is 5.89. The molecule has 1 saturated carbocycles. The Hall–Kier alpha value is -4.24. The maximum Gasteiger partial charge on any atom is 0.332 e. The van der Waals surface area contributed by atoms with Crippen molar-refractivity contribution in [2.24, 2.45) is 11.8 Å². The molecular formula is C36H46N2O7. The predicted octanol–water partition coefficient (Wildman–Crippen LogP) is 4.59. The normalized spacial score (nSPS) is 15.6. The third-order valence-electron chi connectivity index (χ3n) is 8.12. The Bertz CT molecular complexity index is 1260. The van der Waals surface area contributed by atoms with Crippen LogP contribution in [-0.2, 0) is 41.7 Å². The van der Waals surface area contributed by atoms with Crippen LogP contribution >= 0.6 is 0 Å². The third kappa shape index (κ3) is 11.6. The summed E-state index contributed by atoms with van der Waals surface area (Å²) in [7, 11) is 0. The zero-order chi connectivity index (χ0) is 32.5. The van der Waals surface area contributed by atoms with Crippen molar-refractivity contribution < 1.29 is 33.8 Å². The van der Waals surface area contributed by atoms with Crippen molar-refractivity contribution in [2.45, 2.75) is 76.0 Å². The van der Waals surface area contributed by atoms with E-state index >= 15 is 0 Å². The number of ether oxygens (including phenoxy) is 2. The van der Waals surface area contributed by atoms with Crippen molar-refractivity contribution >= 4 is 23.8 Å². The van der Waals surface area contributed by atoms with E-state index < -0.39 is 47.9 Å². The van der Waals surface area contributed by atoms with E-state index in [0.29, 0.717) is 32.1 Å². The molecule has 242 valence electrons. The monoisotopic (exact) mass is 618 g/mol. The summed E-state index contributed by atoms with van der Waals surface area (Å²) in [5, 5.41) is 15.5. The largest absolute Gasteiger partial charge is 0.463 e. The highest BCUT2D eigenvalue weighted by atomic mass is 16.6. The van der Waals surface area contributed by atoms with Crippen LogP contribution in [0.5, 0.6) is 0 Å². The zero-order valence-electron chi connectivity index (χ0n) is 26.0. The molecule has 0 bridgehead atoms. The van der Waals surface area contributed by atoms with E-state index in [1.165, 1.54) is 6.08 Å². The number of allylic oxidation sites excluding steroid dienone is 2. The Morgan fingerprint density at radius 1 is 0.867 bits per heavy atom. The lowest BCUT2D eigenvalue weighted by atomic mass is 9.95. The number of hydrogen-bond donors (Lipinski definition) is 3. The van der Waals surface area contributed by atoms with Crippen LogP contribution in [0.2, 0.25) is 0 Å². The number of esters is 2. The summed E-state index contributed by atoms with van der Waals surface area (Å²) in [5.41, 5.74) is 1.06. The summed E-state index contributed by atoms with van der Waals surface area (Å²) in [5.74, 6) is -3.51. The second-order valence-electron chi connectivity index (χ2n) is 11.7. The Morgan fingerprint density at radius 3 is 2.11 bits per heavy atom. The zero-order valence-corrected chi connectivity index (χ0v) is 26.0. The quantitative estimate of drug-likeness (QED) is 0.155. The fourth-order valence-corrected chi connectivity index (χ4v) is 5.52. The van der Waals surface area contributed by atoms with Crippen LogP contribution in [0, 0.1) is 11.8 Å². The van der Waals surface area contributed by atoms with E-state index in [-0.39, 0.29) is 32.0 Å². The molecule has 2 amide bonds. The molecule has 45 heavy (non-hydrogen) atoms. The van der Waals surface area contributed by atoms with E-state index in [0.717, 1.165) is 24.0 Å². The topological polar surface area (TPSA) is 131 Å². The van der Waals surface area contributed by atoms with Gasteiger partial charge in [0.25, 0.3) is 0 Å². The number of carbonyl (C=O) groups is 4. The van der Waals surface area contributed by atoms with Crippen LogP contribution in [0.15, 0.2) is 86.0 Å². The molecule has 2 aromatic rings. The average molecular weight is 619 g/mol. The first-order valence-corrected chi connectivity index (χ1v) is 15.6. The number of carbonyl (C=O) groups excluding carboxylic acids is 4. The number of benzene rings is 2. The molecule has 0 radical (unpaired) electrons. The highest BCUT2D eigenvalue weighted by Crippen LogP contribution is 2.29. The Kier molecular flexibility index (Phi) is 14.5. The lowest BCUT2D eigenvalue weighted by molar-refractivity contribution is -0.157. The first kappa shape index (κ1) is 35.2. The lowest BCUT2D eigenvalue weighted by Gasteiger charge is -2.29. The molecule has 3 N–H and O–H groups in total. The lowest BCUT2D eigenvalue weighted by Crippen LogP contribution is -2.51. The van der Waals surface area contributed by atoms with E-state index in [1.807, 2.05) is 48.5 Å². The van der Waals surface area contributed by atoms with Gasteiger partial charge in [0.1, 0.15) is 13.2 Å². The molecule has 1 aliphatic rings. The Balaban J connectivity index is 1.71. The van der Waals surface area contributed by atoms with Crippen molar-refractivity contribution in [1.82, 2.24) is 10.6 Å². The summed E-state index contributed by atoms with van der Waals surface area (Å²) in [4.78, 5) is 52.9. The van der Waals surface area contributed by atoms with Gasteiger partial charge in [-0.25, -0.2) is 4.79 Å². The summed E-state index contributed by atoms with van der Waals surface area (Å²) >= 11 is 0. The van der Waals surface area contributed by atoms with Crippen molar-refractivity contribution in [3.8, 4) is 0 Å². The number of hydrogen-bond acceptors (Lipinski definition) is 7. The van der Waals surface area contributed by atoms with Gasteiger partial charge in [-0.2, -0.15) is 0 Å². The van der Waals surface area contributed by atoms with Gasteiger partial charge in [0.2, 0.25) is 11.8 Å². The SMILES string of the molecule is C=CCCC(Cc1ccccc1)C(=O)OCC(NC(=O)C(CC=C)CC(=O)NC1(CO)CCCC1)C(=O)OCc1ccccc1. The summed E-state index contributed by atoms with van der Waals surface area (Å²) in [6, 6.07) is 17.4. The van der Waals surface area contributed by atoms with Crippen molar-refractivity contribution in [3.63, 3.8) is 0 Å². The number of rotatable bonds is 19. The van der Waals surface area contributed by atoms with Crippen LogP contribution in [0.25, 0.3) is 0 Å². The minimum atomic E-state index is -1.30. The minimum absolute atomic E-state index is 0.0301. The van der Waals surface area contributed by atoms with Gasteiger partial charge in [-0.1, -0.05) is 85.7 Å². The Labute approximate surface area is 266 Å². The van der Waals surface area contributed by atoms with Gasteiger partial charge in [-0.15, -0.1) is 13.2 Å². The van der Waals surface area contributed by atoms with Crippen molar-refractivity contribution in [3.05, 3.63) is 97.1 Å². The van der Waals surface area contributed by atoms with Crippen molar-refractivity contribution in [2.75, 3.05) is 13.2 Å². The highest BCUT2D eigenvalue weighted by Gasteiger charge is 2.36. The third-order valence-corrected chi connectivity index (χ3v) is 8.12. The van der Waals surface area contributed by atoms with E-state index in [1.54, 1.807) is 18.2 Å². The Morgan fingerprint density at radius 2 is 1.51 bits per heavy atom. The molecule has 1 aliphatic carbocycles. The van der Waals surface area contributed by atoms with Gasteiger partial charge in [-0.05, 0) is 49.7 Å². The molecule has 9 heteroatoms. The molecule has 3 rings (SSSR count). The smallest absolute Gasteiger partial charge is 0.332 e. The fourth-order valence-electron chi connectivity index (χ4n) is 5.52. The van der Waals surface area contributed by atoms with E-state index in [2.05, 4.69) is 23.8 Å². The van der Waals surface area contributed by atoms with Crippen LogP contribution < -0.4 is 10.6 Å². The van der Waals surface area contributed by atoms with Crippen LogP contribution in [0.4, 0.5) is 0 Å². The van der Waals surface area contributed by atoms with Crippen LogP contribution in [0.1, 0.15) is 62.5 Å². The molecule has 0 aliphatic heterocycles. The number of nitrogens with one attached hydrogen (secondary N) is 2. The van der Waals surface area contributed by atoms with Gasteiger partial charge < -0.3 is 25.2 Å². The van der Waals surface area contributed by atoms with Gasteiger partial charge in [0.15, 0.2) is 6.04 Å². The molecule has 0 heterocycles. The van der Waals surface area contributed by atoms with Gasteiger partial charge in [-0.3, -0.25) is 14.4 Å². The van der Waals surface area contributed by atoms with Gasteiger partial charge >= 0.3 is 11.9 Å². The summed E-state index contributed by atoms with van der Waals surface area (Å²) in [6.45, 7) is 6.84. The number of aliphatic hydroxyl groups is 1. The maximum absolute atomic E-state index is 13.5.